The Morgan fingerprint density at radius 3 is 1.15 bits per heavy atom. The third-order valence-electron chi connectivity index (χ3n) is 6.62. The maximum Gasteiger partial charge on any atom is -0.000138 e. The van der Waals surface area contributed by atoms with Crippen molar-refractivity contribution in [3.05, 3.63) is 72.8 Å². The van der Waals surface area contributed by atoms with Crippen molar-refractivity contribution in [1.29, 1.82) is 0 Å². The standard InChI is InChI=1S/C26H12/c1-3-13-11-15-8-10-20-18-6-2-4-14-12-16-7-9-19-17(5-1)21(13)25(24(15)20)26(22(14)18)23(16)19/h1-12H. The molecule has 0 fully saturated rings. The lowest BCUT2D eigenvalue weighted by Gasteiger charge is -2.18. The van der Waals surface area contributed by atoms with E-state index in [0.29, 0.717) is 0 Å². The van der Waals surface area contributed by atoms with E-state index in [4.69, 9.17) is 0 Å². The van der Waals surface area contributed by atoms with Gasteiger partial charge in [0.25, 0.3) is 0 Å². The lowest BCUT2D eigenvalue weighted by molar-refractivity contribution is 1.87. The van der Waals surface area contributed by atoms with Gasteiger partial charge in [-0.1, -0.05) is 60.7 Å². The first-order valence-electron chi connectivity index (χ1n) is 9.21. The van der Waals surface area contributed by atoms with Gasteiger partial charge in [0.05, 0.1) is 0 Å². The fourth-order valence-corrected chi connectivity index (χ4v) is 5.71. The van der Waals surface area contributed by atoms with Gasteiger partial charge in [-0.2, -0.15) is 0 Å². The van der Waals surface area contributed by atoms with E-state index in [0.717, 1.165) is 0 Å². The molecule has 8 aromatic carbocycles. The first-order valence-corrected chi connectivity index (χ1v) is 9.21. The predicted octanol–water partition coefficient (Wildman–Crippen LogP) is 7.51. The Kier molecular flexibility index (Phi) is 1.66. The van der Waals surface area contributed by atoms with Crippen LogP contribution >= 0.6 is 0 Å². The smallest absolute Gasteiger partial charge is 0.000138 e. The summed E-state index contributed by atoms with van der Waals surface area (Å²) in [7, 11) is 0. The summed E-state index contributed by atoms with van der Waals surface area (Å²) in [6.07, 6.45) is 0. The molecular weight excluding hydrogens is 312 g/mol. The summed E-state index contributed by atoms with van der Waals surface area (Å²) in [6, 6.07) is 27.6. The van der Waals surface area contributed by atoms with Crippen molar-refractivity contribution < 1.29 is 0 Å². The van der Waals surface area contributed by atoms with Crippen molar-refractivity contribution in [3.8, 4) is 0 Å². The van der Waals surface area contributed by atoms with Gasteiger partial charge in [0.1, 0.15) is 0 Å². The molecule has 0 spiro atoms. The van der Waals surface area contributed by atoms with Crippen LogP contribution in [-0.4, -0.2) is 0 Å². The molecule has 8 aromatic rings. The molecule has 0 N–H and O–H groups in total. The topological polar surface area (TPSA) is 0 Å². The summed E-state index contributed by atoms with van der Waals surface area (Å²) in [6.45, 7) is 0. The number of hydrogen-bond donors (Lipinski definition) is 0. The molecule has 8 rings (SSSR count). The Hall–Kier alpha value is -3.38. The molecule has 0 radical (unpaired) electrons. The van der Waals surface area contributed by atoms with Crippen LogP contribution in [0.3, 0.4) is 0 Å². The quantitative estimate of drug-likeness (QED) is 0.200. The molecule has 0 amide bonds. The average Bonchev–Trinajstić information content (AvgIpc) is 3.29. The average molecular weight is 324 g/mol. The monoisotopic (exact) mass is 324 g/mol. The van der Waals surface area contributed by atoms with Gasteiger partial charge in [-0.15, -0.1) is 0 Å². The number of benzene rings is 6. The second-order valence-electron chi connectivity index (χ2n) is 7.73. The third-order valence-corrected chi connectivity index (χ3v) is 6.62. The van der Waals surface area contributed by atoms with E-state index in [9.17, 15) is 0 Å². The minimum absolute atomic E-state index is 1.36. The van der Waals surface area contributed by atoms with Gasteiger partial charge in [-0.3, -0.25) is 0 Å². The van der Waals surface area contributed by atoms with Crippen LogP contribution in [0.4, 0.5) is 0 Å². The van der Waals surface area contributed by atoms with Crippen molar-refractivity contribution >= 4 is 75.4 Å². The predicted molar refractivity (Wildman–Crippen MR) is 114 cm³/mol. The van der Waals surface area contributed by atoms with Gasteiger partial charge in [-0.05, 0) is 87.5 Å². The van der Waals surface area contributed by atoms with Crippen molar-refractivity contribution in [2.24, 2.45) is 0 Å². The van der Waals surface area contributed by atoms with Crippen LogP contribution < -0.4 is 0 Å². The highest BCUT2D eigenvalue weighted by Gasteiger charge is 2.22. The van der Waals surface area contributed by atoms with E-state index in [1.165, 1.54) is 75.4 Å². The second-order valence-corrected chi connectivity index (χ2v) is 7.73. The highest BCUT2D eigenvalue weighted by Crippen LogP contribution is 2.51. The molecule has 0 nitrogen and oxygen atoms in total. The van der Waals surface area contributed by atoms with Crippen LogP contribution in [0.1, 0.15) is 0 Å². The molecule has 0 atom stereocenters. The molecular formula is C26H12. The molecule has 116 valence electrons. The van der Waals surface area contributed by atoms with E-state index < -0.39 is 0 Å². The van der Waals surface area contributed by atoms with Crippen LogP contribution in [0.15, 0.2) is 72.8 Å². The van der Waals surface area contributed by atoms with Crippen LogP contribution in [-0.2, 0) is 0 Å². The molecule has 0 bridgehead atoms. The minimum Gasteiger partial charge on any atom is -0.0610 e. The molecule has 0 unspecified atom stereocenters. The van der Waals surface area contributed by atoms with E-state index >= 15 is 0 Å². The first-order chi connectivity index (χ1) is 12.9. The summed E-state index contributed by atoms with van der Waals surface area (Å²) in [5.74, 6) is 0. The molecule has 0 heterocycles. The minimum atomic E-state index is 1.36. The Morgan fingerprint density at radius 2 is 0.692 bits per heavy atom. The zero-order chi connectivity index (χ0) is 16.6. The summed E-state index contributed by atoms with van der Waals surface area (Å²) in [4.78, 5) is 0. The van der Waals surface area contributed by atoms with Crippen molar-refractivity contribution in [2.75, 3.05) is 0 Å². The summed E-state index contributed by atoms with van der Waals surface area (Å²) in [5, 5.41) is 19.8. The summed E-state index contributed by atoms with van der Waals surface area (Å²) in [5.41, 5.74) is 0. The fraction of sp³-hybridized carbons (Fsp3) is 0. The van der Waals surface area contributed by atoms with E-state index in [1.807, 2.05) is 0 Å². The van der Waals surface area contributed by atoms with Crippen LogP contribution in [0.5, 0.6) is 0 Å². The van der Waals surface area contributed by atoms with Gasteiger partial charge >= 0.3 is 0 Å². The zero-order valence-corrected chi connectivity index (χ0v) is 13.9. The first kappa shape index (κ1) is 12.1. The molecule has 0 heteroatoms. The molecule has 0 aromatic heterocycles. The Bertz CT molecular complexity index is 1630. The summed E-state index contributed by atoms with van der Waals surface area (Å²) >= 11 is 0. The van der Waals surface area contributed by atoms with Crippen molar-refractivity contribution in [2.45, 2.75) is 0 Å². The molecule has 0 aliphatic carbocycles. The van der Waals surface area contributed by atoms with Crippen molar-refractivity contribution in [3.63, 3.8) is 0 Å². The Morgan fingerprint density at radius 1 is 0.308 bits per heavy atom. The van der Waals surface area contributed by atoms with Gasteiger partial charge in [-0.25, -0.2) is 0 Å². The maximum atomic E-state index is 2.38. The van der Waals surface area contributed by atoms with Crippen LogP contribution in [0.25, 0.3) is 75.4 Å². The van der Waals surface area contributed by atoms with Gasteiger partial charge < -0.3 is 0 Å². The van der Waals surface area contributed by atoms with E-state index in [2.05, 4.69) is 72.8 Å². The maximum absolute atomic E-state index is 2.38. The van der Waals surface area contributed by atoms with E-state index in [1.54, 1.807) is 0 Å². The molecule has 0 saturated heterocycles. The number of rotatable bonds is 0. The van der Waals surface area contributed by atoms with Crippen molar-refractivity contribution in [1.82, 2.24) is 0 Å². The Balaban J connectivity index is 2.01. The lowest BCUT2D eigenvalue weighted by Crippen LogP contribution is -1.90. The number of fused-ring (bicyclic) bond motifs is 2. The highest BCUT2D eigenvalue weighted by molar-refractivity contribution is 6.49. The van der Waals surface area contributed by atoms with Crippen LogP contribution in [0, 0.1) is 0 Å². The highest BCUT2D eigenvalue weighted by atomic mass is 14.2. The zero-order valence-electron chi connectivity index (χ0n) is 13.9. The molecule has 0 aliphatic heterocycles. The Labute approximate surface area is 148 Å². The number of hydrogen-bond acceptors (Lipinski definition) is 0. The molecule has 0 saturated carbocycles. The second kappa shape index (κ2) is 3.59. The van der Waals surface area contributed by atoms with E-state index in [-0.39, 0.29) is 0 Å². The molecule has 26 heavy (non-hydrogen) atoms. The largest absolute Gasteiger partial charge is 0.0610 e. The normalized spacial score (nSPS) is 13.4. The summed E-state index contributed by atoms with van der Waals surface area (Å²) < 4.78 is 0. The third kappa shape index (κ3) is 1.06. The van der Waals surface area contributed by atoms with Gasteiger partial charge in [0.15, 0.2) is 0 Å². The van der Waals surface area contributed by atoms with Gasteiger partial charge in [0, 0.05) is 0 Å². The van der Waals surface area contributed by atoms with Gasteiger partial charge in [0.2, 0.25) is 0 Å². The lowest BCUT2D eigenvalue weighted by atomic mass is 9.84. The SMILES string of the molecule is c1cc2cc3ccc4c5cccc6cc7ccc8c(c1)c2c(c34)c(c65)c78. The van der Waals surface area contributed by atoms with Crippen LogP contribution in [0.2, 0.25) is 0 Å². The fourth-order valence-electron chi connectivity index (χ4n) is 5.71. The molecule has 0 aliphatic rings.